The first kappa shape index (κ1) is 11.7. The highest BCUT2D eigenvalue weighted by Gasteiger charge is 2.25. The van der Waals surface area contributed by atoms with E-state index in [-0.39, 0.29) is 6.04 Å². The van der Waals surface area contributed by atoms with Gasteiger partial charge in [0.2, 0.25) is 0 Å². The molecule has 3 heterocycles. The molecule has 0 amide bonds. The second kappa shape index (κ2) is 5.06. The Bertz CT molecular complexity index is 568. The maximum atomic E-state index is 8.76. The largest absolute Gasteiger partial charge is 0.348 e. The molecule has 3 rings (SSSR count). The third-order valence-electron chi connectivity index (χ3n) is 3.47. The fourth-order valence-electron chi connectivity index (χ4n) is 2.53. The van der Waals surface area contributed by atoms with Crippen LogP contribution in [0.4, 0.5) is 5.82 Å². The number of H-pyrrole nitrogens is 1. The molecule has 1 atom stereocenters. The Kier molecular flexibility index (Phi) is 3.11. The van der Waals surface area contributed by atoms with Gasteiger partial charge in [0.05, 0.1) is 12.2 Å². The maximum Gasteiger partial charge on any atom is 0.163 e. The van der Waals surface area contributed by atoms with Gasteiger partial charge in [-0.1, -0.05) is 0 Å². The van der Waals surface area contributed by atoms with E-state index in [1.807, 2.05) is 24.5 Å². The Balaban J connectivity index is 1.89. The van der Waals surface area contributed by atoms with Crippen molar-refractivity contribution in [2.75, 3.05) is 11.4 Å². The molecule has 2 aromatic heterocycles. The van der Waals surface area contributed by atoms with Crippen LogP contribution in [0.1, 0.15) is 36.6 Å². The fraction of sp³-hybridized carbons (Fsp3) is 0.385. The lowest BCUT2D eigenvalue weighted by atomic mass is 9.97. The van der Waals surface area contributed by atoms with Crippen LogP contribution in [0.3, 0.4) is 0 Å². The number of aromatic amines is 1. The van der Waals surface area contributed by atoms with Crippen LogP contribution in [-0.4, -0.2) is 26.9 Å². The number of hydrogen-bond donors (Lipinski definition) is 1. The van der Waals surface area contributed by atoms with Crippen LogP contribution in [0.5, 0.6) is 0 Å². The van der Waals surface area contributed by atoms with E-state index in [4.69, 9.17) is 5.26 Å². The topological polar surface area (TPSA) is 81.5 Å². The minimum Gasteiger partial charge on any atom is -0.348 e. The number of piperidine rings is 1. The predicted molar refractivity (Wildman–Crippen MR) is 69.3 cm³/mol. The molecular formula is C13H14N6. The molecule has 1 aliphatic rings. The van der Waals surface area contributed by atoms with E-state index in [0.29, 0.717) is 5.69 Å². The Labute approximate surface area is 111 Å². The molecule has 0 aliphatic carbocycles. The number of nitriles is 1. The molecule has 0 aromatic carbocycles. The monoisotopic (exact) mass is 254 g/mol. The van der Waals surface area contributed by atoms with E-state index < -0.39 is 0 Å². The van der Waals surface area contributed by atoms with Crippen LogP contribution < -0.4 is 4.90 Å². The van der Waals surface area contributed by atoms with E-state index in [2.05, 4.69) is 25.3 Å². The van der Waals surface area contributed by atoms with Gasteiger partial charge in [0.1, 0.15) is 6.07 Å². The van der Waals surface area contributed by atoms with Gasteiger partial charge >= 0.3 is 0 Å². The van der Waals surface area contributed by atoms with Crippen molar-refractivity contribution in [2.24, 2.45) is 0 Å². The van der Waals surface area contributed by atoms with Crippen molar-refractivity contribution >= 4 is 5.82 Å². The van der Waals surface area contributed by atoms with Crippen LogP contribution in [0.25, 0.3) is 0 Å². The fourth-order valence-corrected chi connectivity index (χ4v) is 2.53. The summed E-state index contributed by atoms with van der Waals surface area (Å²) in [7, 11) is 0. The first-order valence-electron chi connectivity index (χ1n) is 6.37. The summed E-state index contributed by atoms with van der Waals surface area (Å²) in [6.45, 7) is 0.955. The summed E-state index contributed by atoms with van der Waals surface area (Å²) in [5.74, 6) is 0.824. The van der Waals surface area contributed by atoms with Crippen LogP contribution >= 0.6 is 0 Å². The van der Waals surface area contributed by atoms with E-state index in [0.717, 1.165) is 25.2 Å². The third kappa shape index (κ3) is 2.27. The van der Waals surface area contributed by atoms with Crippen molar-refractivity contribution in [3.8, 4) is 6.07 Å². The maximum absolute atomic E-state index is 8.76. The molecule has 0 bridgehead atoms. The van der Waals surface area contributed by atoms with Gasteiger partial charge < -0.3 is 4.90 Å². The number of hydrogen-bond acceptors (Lipinski definition) is 5. The molecule has 96 valence electrons. The standard InChI is InChI=1S/C13H14N6/c14-7-11-4-5-13(18-17-11)19-6-2-1-3-12(19)10-8-15-16-9-10/h4-5,8-9,12H,1-3,6H2,(H,15,16). The van der Waals surface area contributed by atoms with Crippen molar-refractivity contribution in [1.29, 1.82) is 5.26 Å². The van der Waals surface area contributed by atoms with Crippen LogP contribution in [0, 0.1) is 11.3 Å². The number of nitrogens with one attached hydrogen (secondary N) is 1. The lowest BCUT2D eigenvalue weighted by Gasteiger charge is -2.35. The summed E-state index contributed by atoms with van der Waals surface area (Å²) >= 11 is 0. The van der Waals surface area contributed by atoms with Gasteiger partial charge in [0, 0.05) is 18.3 Å². The normalized spacial score (nSPS) is 19.1. The second-order valence-electron chi connectivity index (χ2n) is 4.63. The average molecular weight is 254 g/mol. The van der Waals surface area contributed by atoms with Crippen LogP contribution in [0.2, 0.25) is 0 Å². The quantitative estimate of drug-likeness (QED) is 0.883. The SMILES string of the molecule is N#Cc1ccc(N2CCCCC2c2cn[nH]c2)nn1. The highest BCUT2D eigenvalue weighted by molar-refractivity contribution is 5.42. The highest BCUT2D eigenvalue weighted by Crippen LogP contribution is 2.33. The zero-order valence-electron chi connectivity index (χ0n) is 10.5. The second-order valence-corrected chi connectivity index (χ2v) is 4.63. The molecule has 6 nitrogen and oxygen atoms in total. The molecule has 0 spiro atoms. The van der Waals surface area contributed by atoms with Gasteiger partial charge in [-0.05, 0) is 31.4 Å². The van der Waals surface area contributed by atoms with Gasteiger partial charge in [0.25, 0.3) is 0 Å². The van der Waals surface area contributed by atoms with Gasteiger partial charge in [0.15, 0.2) is 11.5 Å². The number of nitrogens with zero attached hydrogens (tertiary/aromatic N) is 5. The summed E-state index contributed by atoms with van der Waals surface area (Å²) in [4.78, 5) is 2.24. The van der Waals surface area contributed by atoms with Gasteiger partial charge in [-0.15, -0.1) is 10.2 Å². The average Bonchev–Trinajstić information content (AvgIpc) is 3.01. The molecule has 0 saturated carbocycles. The summed E-state index contributed by atoms with van der Waals surface area (Å²) in [5.41, 5.74) is 1.52. The van der Waals surface area contributed by atoms with Gasteiger partial charge in [-0.3, -0.25) is 5.10 Å². The highest BCUT2D eigenvalue weighted by atomic mass is 15.3. The number of anilines is 1. The lowest BCUT2D eigenvalue weighted by molar-refractivity contribution is 0.468. The first-order chi connectivity index (χ1) is 9.38. The number of aromatic nitrogens is 4. The summed E-state index contributed by atoms with van der Waals surface area (Å²) in [5, 5.41) is 23.7. The first-order valence-corrected chi connectivity index (χ1v) is 6.37. The zero-order chi connectivity index (χ0) is 13.1. The smallest absolute Gasteiger partial charge is 0.163 e. The zero-order valence-corrected chi connectivity index (χ0v) is 10.5. The van der Waals surface area contributed by atoms with Gasteiger partial charge in [-0.2, -0.15) is 10.4 Å². The van der Waals surface area contributed by atoms with Crippen molar-refractivity contribution in [3.63, 3.8) is 0 Å². The van der Waals surface area contributed by atoms with Crippen molar-refractivity contribution in [3.05, 3.63) is 35.8 Å². The summed E-state index contributed by atoms with van der Waals surface area (Å²) in [6, 6.07) is 5.85. The molecule has 2 aromatic rings. The molecule has 1 unspecified atom stereocenters. The Morgan fingerprint density at radius 3 is 2.95 bits per heavy atom. The molecule has 0 radical (unpaired) electrons. The predicted octanol–water partition coefficient (Wildman–Crippen LogP) is 1.80. The van der Waals surface area contributed by atoms with E-state index in [9.17, 15) is 0 Å². The molecule has 1 N–H and O–H groups in total. The number of rotatable bonds is 2. The summed E-state index contributed by atoms with van der Waals surface area (Å²) < 4.78 is 0. The van der Waals surface area contributed by atoms with Crippen molar-refractivity contribution < 1.29 is 0 Å². The Hall–Kier alpha value is -2.42. The minimum absolute atomic E-state index is 0.287. The summed E-state index contributed by atoms with van der Waals surface area (Å²) in [6.07, 6.45) is 7.23. The molecule has 1 fully saturated rings. The van der Waals surface area contributed by atoms with E-state index in [1.165, 1.54) is 12.0 Å². The van der Waals surface area contributed by atoms with Gasteiger partial charge in [-0.25, -0.2) is 0 Å². The molecule has 19 heavy (non-hydrogen) atoms. The Morgan fingerprint density at radius 1 is 1.32 bits per heavy atom. The molecular weight excluding hydrogens is 240 g/mol. The van der Waals surface area contributed by atoms with E-state index in [1.54, 1.807) is 6.07 Å². The van der Waals surface area contributed by atoms with Crippen molar-refractivity contribution in [2.45, 2.75) is 25.3 Å². The lowest BCUT2D eigenvalue weighted by Crippen LogP contribution is -2.34. The van der Waals surface area contributed by atoms with E-state index >= 15 is 0 Å². The molecule has 6 heteroatoms. The molecule has 1 aliphatic heterocycles. The Morgan fingerprint density at radius 2 is 2.26 bits per heavy atom. The van der Waals surface area contributed by atoms with Crippen molar-refractivity contribution in [1.82, 2.24) is 20.4 Å². The van der Waals surface area contributed by atoms with Crippen LogP contribution in [0.15, 0.2) is 24.5 Å². The third-order valence-corrected chi connectivity index (χ3v) is 3.47. The molecule has 1 saturated heterocycles. The minimum atomic E-state index is 0.287. The van der Waals surface area contributed by atoms with Crippen LogP contribution in [-0.2, 0) is 0 Å².